The molecule has 0 aliphatic carbocycles. The normalized spacial score (nSPS) is 10.1. The zero-order valence-electron chi connectivity index (χ0n) is 9.19. The van der Waals surface area contributed by atoms with Crippen LogP contribution in [-0.2, 0) is 0 Å². The van der Waals surface area contributed by atoms with E-state index in [0.29, 0.717) is 17.1 Å². The highest BCUT2D eigenvalue weighted by molar-refractivity contribution is 9.10. The van der Waals surface area contributed by atoms with Gasteiger partial charge >= 0.3 is 0 Å². The van der Waals surface area contributed by atoms with Gasteiger partial charge in [0.2, 0.25) is 0 Å². The first-order valence-electron chi connectivity index (χ1n) is 5.09. The summed E-state index contributed by atoms with van der Waals surface area (Å²) >= 11 is 8.24. The predicted octanol–water partition coefficient (Wildman–Crippen LogP) is 4.01. The topological polar surface area (TPSA) is 35.2 Å². The molecule has 0 radical (unpaired) electrons. The molecule has 0 saturated carbocycles. The van der Waals surface area contributed by atoms with E-state index in [1.165, 1.54) is 18.2 Å². The molecule has 0 amide bonds. The third kappa shape index (κ3) is 2.86. The molecule has 2 N–H and O–H groups in total. The van der Waals surface area contributed by atoms with Gasteiger partial charge in [-0.25, -0.2) is 4.39 Å². The second-order valence-corrected chi connectivity index (χ2v) is 4.83. The average molecular weight is 326 g/mol. The number of halogens is 2. The monoisotopic (exact) mass is 325 g/mol. The Hall–Kier alpha value is -1.46. The Bertz CT molecular complexity index is 603. The van der Waals surface area contributed by atoms with E-state index < -0.39 is 5.82 Å². The molecule has 0 fully saturated rings. The van der Waals surface area contributed by atoms with Crippen molar-refractivity contribution in [2.45, 2.75) is 0 Å². The van der Waals surface area contributed by atoms with Crippen molar-refractivity contribution in [3.8, 4) is 11.5 Å². The van der Waals surface area contributed by atoms with E-state index in [1.807, 2.05) is 18.2 Å². The van der Waals surface area contributed by atoms with Crippen molar-refractivity contribution in [3.63, 3.8) is 0 Å². The Kier molecular flexibility index (Phi) is 3.93. The van der Waals surface area contributed by atoms with Gasteiger partial charge in [-0.05, 0) is 46.3 Å². The van der Waals surface area contributed by atoms with Crippen molar-refractivity contribution < 1.29 is 9.13 Å². The smallest absolute Gasteiger partial charge is 0.141 e. The second kappa shape index (κ2) is 5.46. The summed E-state index contributed by atoms with van der Waals surface area (Å²) in [7, 11) is 0. The number of nitrogens with two attached hydrogens (primary N) is 1. The lowest BCUT2D eigenvalue weighted by molar-refractivity contribution is 0.476. The van der Waals surface area contributed by atoms with Gasteiger partial charge < -0.3 is 10.5 Å². The molecular formula is C13H9BrFNOS. The molecule has 18 heavy (non-hydrogen) atoms. The van der Waals surface area contributed by atoms with Crippen LogP contribution in [0.25, 0.3) is 0 Å². The third-order valence-corrected chi connectivity index (χ3v) is 3.14. The number of benzene rings is 2. The number of hydrogen-bond donors (Lipinski definition) is 1. The largest absolute Gasteiger partial charge is 0.455 e. The van der Waals surface area contributed by atoms with Gasteiger partial charge in [0.05, 0.1) is 10.0 Å². The number of rotatable bonds is 3. The van der Waals surface area contributed by atoms with E-state index in [9.17, 15) is 4.39 Å². The van der Waals surface area contributed by atoms with Crippen LogP contribution in [0.3, 0.4) is 0 Å². The number of para-hydroxylation sites is 1. The Morgan fingerprint density at radius 3 is 2.56 bits per heavy atom. The third-order valence-electron chi connectivity index (χ3n) is 2.26. The van der Waals surface area contributed by atoms with Crippen LogP contribution in [0.2, 0.25) is 0 Å². The molecule has 0 atom stereocenters. The fourth-order valence-corrected chi connectivity index (χ4v) is 1.95. The minimum atomic E-state index is -0.405. The van der Waals surface area contributed by atoms with Gasteiger partial charge in [-0.15, -0.1) is 0 Å². The van der Waals surface area contributed by atoms with Gasteiger partial charge in [0.25, 0.3) is 0 Å². The summed E-state index contributed by atoms with van der Waals surface area (Å²) in [6.45, 7) is 0. The second-order valence-electron chi connectivity index (χ2n) is 3.54. The molecule has 2 aromatic rings. The fraction of sp³-hybridized carbons (Fsp3) is 0. The van der Waals surface area contributed by atoms with Gasteiger partial charge in [-0.1, -0.05) is 24.4 Å². The maximum atomic E-state index is 13.1. The number of thiocarbonyl (C=S) groups is 1. The molecule has 2 rings (SSSR count). The maximum Gasteiger partial charge on any atom is 0.141 e. The molecule has 92 valence electrons. The molecule has 0 aliphatic rings. The molecule has 0 spiro atoms. The predicted molar refractivity (Wildman–Crippen MR) is 76.5 cm³/mol. The standard InChI is InChI=1S/C13H9BrFNOS/c14-10-3-1-2-4-12(10)17-11-6-5-8(15)7-9(11)13(16)18/h1-7H,(H2,16,18). The van der Waals surface area contributed by atoms with Crippen molar-refractivity contribution in [3.05, 3.63) is 58.3 Å². The van der Waals surface area contributed by atoms with Crippen LogP contribution >= 0.6 is 28.1 Å². The highest BCUT2D eigenvalue weighted by Crippen LogP contribution is 2.31. The highest BCUT2D eigenvalue weighted by Gasteiger charge is 2.10. The highest BCUT2D eigenvalue weighted by atomic mass is 79.9. The quantitative estimate of drug-likeness (QED) is 0.866. The Morgan fingerprint density at radius 2 is 1.89 bits per heavy atom. The SMILES string of the molecule is NC(=S)c1cc(F)ccc1Oc1ccccc1Br. The van der Waals surface area contributed by atoms with Crippen LogP contribution in [-0.4, -0.2) is 4.99 Å². The van der Waals surface area contributed by atoms with E-state index in [-0.39, 0.29) is 4.99 Å². The molecule has 0 aliphatic heterocycles. The molecule has 0 saturated heterocycles. The summed E-state index contributed by atoms with van der Waals surface area (Å²) in [5, 5.41) is 0. The Balaban J connectivity index is 2.41. The maximum absolute atomic E-state index is 13.1. The molecule has 0 heterocycles. The zero-order chi connectivity index (χ0) is 13.1. The van der Waals surface area contributed by atoms with Crippen LogP contribution in [0.5, 0.6) is 11.5 Å². The van der Waals surface area contributed by atoms with Gasteiger partial charge in [0, 0.05) is 0 Å². The minimum Gasteiger partial charge on any atom is -0.455 e. The van der Waals surface area contributed by atoms with Crippen LogP contribution < -0.4 is 10.5 Å². The zero-order valence-corrected chi connectivity index (χ0v) is 11.6. The van der Waals surface area contributed by atoms with Crippen molar-refractivity contribution in [2.24, 2.45) is 5.73 Å². The van der Waals surface area contributed by atoms with Crippen molar-refractivity contribution in [1.29, 1.82) is 0 Å². The lowest BCUT2D eigenvalue weighted by Gasteiger charge is -2.11. The summed E-state index contributed by atoms with van der Waals surface area (Å²) in [5.74, 6) is 0.634. The average Bonchev–Trinajstić information content (AvgIpc) is 2.34. The summed E-state index contributed by atoms with van der Waals surface area (Å²) in [6.07, 6.45) is 0. The first-order valence-corrected chi connectivity index (χ1v) is 6.30. The van der Waals surface area contributed by atoms with Gasteiger partial charge in [0.1, 0.15) is 22.3 Å². The van der Waals surface area contributed by atoms with E-state index in [0.717, 1.165) is 4.47 Å². The molecule has 2 aromatic carbocycles. The van der Waals surface area contributed by atoms with E-state index >= 15 is 0 Å². The van der Waals surface area contributed by atoms with Crippen LogP contribution in [0, 0.1) is 5.82 Å². The van der Waals surface area contributed by atoms with Crippen molar-refractivity contribution >= 4 is 33.1 Å². The van der Waals surface area contributed by atoms with E-state index in [2.05, 4.69) is 15.9 Å². The molecule has 5 heteroatoms. The molecule has 0 bridgehead atoms. The summed E-state index contributed by atoms with van der Waals surface area (Å²) in [4.78, 5) is 0.0940. The summed E-state index contributed by atoms with van der Waals surface area (Å²) < 4.78 is 19.6. The number of ether oxygens (including phenoxy) is 1. The lowest BCUT2D eigenvalue weighted by atomic mass is 10.2. The lowest BCUT2D eigenvalue weighted by Crippen LogP contribution is -2.11. The first-order chi connectivity index (χ1) is 8.58. The molecular weight excluding hydrogens is 317 g/mol. The molecule has 2 nitrogen and oxygen atoms in total. The Labute approximate surface area is 118 Å². The van der Waals surface area contributed by atoms with Gasteiger partial charge in [-0.3, -0.25) is 0 Å². The van der Waals surface area contributed by atoms with Gasteiger partial charge in [0.15, 0.2) is 0 Å². The van der Waals surface area contributed by atoms with Gasteiger partial charge in [-0.2, -0.15) is 0 Å². The van der Waals surface area contributed by atoms with E-state index in [1.54, 1.807) is 6.07 Å². The summed E-state index contributed by atoms with van der Waals surface area (Å²) in [6, 6.07) is 11.4. The minimum absolute atomic E-state index is 0.0940. The van der Waals surface area contributed by atoms with Crippen LogP contribution in [0.4, 0.5) is 4.39 Å². The van der Waals surface area contributed by atoms with Crippen molar-refractivity contribution in [2.75, 3.05) is 0 Å². The number of hydrogen-bond acceptors (Lipinski definition) is 2. The van der Waals surface area contributed by atoms with Crippen molar-refractivity contribution in [1.82, 2.24) is 0 Å². The molecule has 0 aromatic heterocycles. The van der Waals surface area contributed by atoms with E-state index in [4.69, 9.17) is 22.7 Å². The van der Waals surface area contributed by atoms with Crippen LogP contribution in [0.1, 0.15) is 5.56 Å². The first kappa shape index (κ1) is 13.0. The fourth-order valence-electron chi connectivity index (χ4n) is 1.43. The molecule has 0 unspecified atom stereocenters. The van der Waals surface area contributed by atoms with Crippen LogP contribution in [0.15, 0.2) is 46.9 Å². The Morgan fingerprint density at radius 1 is 1.17 bits per heavy atom. The summed E-state index contributed by atoms with van der Waals surface area (Å²) in [5.41, 5.74) is 5.92.